The number of anilines is 1. The van der Waals surface area contributed by atoms with Gasteiger partial charge in [0.2, 0.25) is 0 Å². The molecule has 0 bridgehead atoms. The zero-order valence-corrected chi connectivity index (χ0v) is 16.3. The highest BCUT2D eigenvalue weighted by Gasteiger charge is 2.38. The molecule has 0 saturated carbocycles. The summed E-state index contributed by atoms with van der Waals surface area (Å²) in [6.45, 7) is 12.3. The molecule has 0 aliphatic carbocycles. The summed E-state index contributed by atoms with van der Waals surface area (Å²) in [5.74, 6) is 0.788. The van der Waals surface area contributed by atoms with Gasteiger partial charge in [-0.25, -0.2) is 4.79 Å². The number of carbonyl (C=O) groups is 2. The summed E-state index contributed by atoms with van der Waals surface area (Å²) in [5, 5.41) is 0. The van der Waals surface area contributed by atoms with Crippen LogP contribution >= 0.6 is 0 Å². The largest absolute Gasteiger partial charge is 0.490 e. The van der Waals surface area contributed by atoms with E-state index in [1.54, 1.807) is 4.90 Å². The number of piperazine rings is 1. The van der Waals surface area contributed by atoms with E-state index in [4.69, 9.17) is 9.47 Å². The van der Waals surface area contributed by atoms with Gasteiger partial charge in [0, 0.05) is 26.2 Å². The van der Waals surface area contributed by atoms with Gasteiger partial charge in [-0.3, -0.25) is 4.79 Å². The number of hydrogen-bond acceptors (Lipinski definition) is 5. The van der Waals surface area contributed by atoms with Crippen molar-refractivity contribution in [1.82, 2.24) is 4.90 Å². The fourth-order valence-corrected chi connectivity index (χ4v) is 3.24. The fourth-order valence-electron chi connectivity index (χ4n) is 3.24. The maximum absolute atomic E-state index is 12.7. The van der Waals surface area contributed by atoms with E-state index in [0.717, 1.165) is 5.69 Å². The van der Waals surface area contributed by atoms with E-state index in [-0.39, 0.29) is 11.9 Å². The van der Waals surface area contributed by atoms with Gasteiger partial charge in [-0.2, -0.15) is 0 Å². The molecule has 6 heteroatoms. The lowest BCUT2D eigenvalue weighted by Gasteiger charge is -2.39. The van der Waals surface area contributed by atoms with Crippen LogP contribution < -0.4 is 9.64 Å². The number of ether oxygens (including phenoxy) is 2. The summed E-state index contributed by atoms with van der Waals surface area (Å²) in [5.41, 5.74) is 0.581. The molecule has 0 N–H and O–H groups in total. The van der Waals surface area contributed by atoms with Gasteiger partial charge in [0.05, 0.1) is 16.7 Å². The van der Waals surface area contributed by atoms with Crippen molar-refractivity contribution in [3.63, 3.8) is 0 Å². The van der Waals surface area contributed by atoms with Gasteiger partial charge < -0.3 is 19.3 Å². The molecule has 6 nitrogen and oxygen atoms in total. The van der Waals surface area contributed by atoms with Gasteiger partial charge in [0.1, 0.15) is 12.2 Å². The van der Waals surface area contributed by atoms with Crippen LogP contribution in [-0.2, 0) is 4.74 Å². The predicted octanol–water partition coefficient (Wildman–Crippen LogP) is 3.35. The smallest absolute Gasteiger partial charge is 0.410 e. The molecule has 2 heterocycles. The molecule has 26 heavy (non-hydrogen) atoms. The maximum Gasteiger partial charge on any atom is 0.410 e. The summed E-state index contributed by atoms with van der Waals surface area (Å²) >= 11 is 0. The Labute approximate surface area is 155 Å². The lowest BCUT2D eigenvalue weighted by atomic mass is 9.82. The van der Waals surface area contributed by atoms with Crippen LogP contribution in [0.15, 0.2) is 18.2 Å². The lowest BCUT2D eigenvalue weighted by molar-refractivity contribution is 0.0240. The van der Waals surface area contributed by atoms with Gasteiger partial charge in [-0.15, -0.1) is 0 Å². The van der Waals surface area contributed by atoms with Crippen molar-refractivity contribution >= 4 is 17.6 Å². The molecular formula is C20H28N2O4. The molecule has 1 aromatic carbocycles. The van der Waals surface area contributed by atoms with E-state index in [9.17, 15) is 9.59 Å². The zero-order valence-electron chi connectivity index (χ0n) is 16.3. The first kappa shape index (κ1) is 18.5. The van der Waals surface area contributed by atoms with E-state index in [1.165, 1.54) is 0 Å². The van der Waals surface area contributed by atoms with Crippen molar-refractivity contribution < 1.29 is 19.1 Å². The monoisotopic (exact) mass is 360 g/mol. The van der Waals surface area contributed by atoms with Crippen molar-refractivity contribution in [2.45, 2.75) is 40.2 Å². The Morgan fingerprint density at radius 3 is 2.42 bits per heavy atom. The molecule has 1 aromatic rings. The highest BCUT2D eigenvalue weighted by molar-refractivity contribution is 6.05. The highest BCUT2D eigenvalue weighted by atomic mass is 16.6. The minimum absolute atomic E-state index is 0.119. The van der Waals surface area contributed by atoms with Crippen LogP contribution in [0.2, 0.25) is 0 Å². The number of rotatable bonds is 1. The van der Waals surface area contributed by atoms with E-state index in [1.807, 2.05) is 52.8 Å². The van der Waals surface area contributed by atoms with E-state index < -0.39 is 11.0 Å². The number of para-hydroxylation sites is 1. The van der Waals surface area contributed by atoms with Gasteiger partial charge in [0.15, 0.2) is 11.5 Å². The first-order valence-corrected chi connectivity index (χ1v) is 9.12. The van der Waals surface area contributed by atoms with Gasteiger partial charge >= 0.3 is 6.09 Å². The topological polar surface area (TPSA) is 59.1 Å². The molecular weight excluding hydrogens is 332 g/mol. The third kappa shape index (κ3) is 3.64. The molecule has 2 aliphatic heterocycles. The Kier molecular flexibility index (Phi) is 4.63. The molecule has 0 unspecified atom stereocenters. The number of carbonyl (C=O) groups excluding carboxylic acids is 2. The molecule has 1 saturated heterocycles. The van der Waals surface area contributed by atoms with E-state index in [2.05, 4.69) is 4.90 Å². The molecule has 0 aromatic heterocycles. The molecule has 1 fully saturated rings. The molecule has 3 rings (SSSR count). The van der Waals surface area contributed by atoms with Crippen molar-refractivity contribution in [2.75, 3.05) is 37.7 Å². The Morgan fingerprint density at radius 2 is 1.81 bits per heavy atom. The summed E-state index contributed by atoms with van der Waals surface area (Å²) in [7, 11) is 0. The SMILES string of the molecule is CC(C)(C)OC(=O)N1CCN(c2cccc3c2OCC(C)(C)C3=O)CC1. The Morgan fingerprint density at radius 1 is 1.15 bits per heavy atom. The average molecular weight is 360 g/mol. The van der Waals surface area contributed by atoms with Crippen LogP contribution in [0.4, 0.5) is 10.5 Å². The molecule has 0 spiro atoms. The molecule has 142 valence electrons. The van der Waals surface area contributed by atoms with Crippen molar-refractivity contribution in [3.05, 3.63) is 23.8 Å². The molecule has 2 aliphatic rings. The fraction of sp³-hybridized carbons (Fsp3) is 0.600. The minimum atomic E-state index is -0.499. The van der Waals surface area contributed by atoms with Crippen LogP contribution in [0, 0.1) is 5.41 Å². The normalized spacial score (nSPS) is 19.7. The lowest BCUT2D eigenvalue weighted by Crippen LogP contribution is -2.50. The second kappa shape index (κ2) is 6.49. The average Bonchev–Trinajstić information content (AvgIpc) is 2.57. The van der Waals surface area contributed by atoms with Gasteiger partial charge in [-0.1, -0.05) is 6.07 Å². The first-order chi connectivity index (χ1) is 12.1. The van der Waals surface area contributed by atoms with Crippen LogP contribution in [0.1, 0.15) is 45.0 Å². The predicted molar refractivity (Wildman–Crippen MR) is 100 cm³/mol. The van der Waals surface area contributed by atoms with E-state index in [0.29, 0.717) is 44.1 Å². The number of hydrogen-bond donors (Lipinski definition) is 0. The number of Topliss-reactive ketones (excluding diaryl/α,β-unsaturated/α-hetero) is 1. The third-order valence-electron chi connectivity index (χ3n) is 4.70. The van der Waals surface area contributed by atoms with Crippen LogP contribution in [0.5, 0.6) is 5.75 Å². The Balaban J connectivity index is 1.72. The first-order valence-electron chi connectivity index (χ1n) is 9.12. The minimum Gasteiger partial charge on any atom is -0.490 e. The number of fused-ring (bicyclic) bond motifs is 1. The third-order valence-corrected chi connectivity index (χ3v) is 4.70. The van der Waals surface area contributed by atoms with Crippen molar-refractivity contribution in [2.24, 2.45) is 5.41 Å². The number of benzene rings is 1. The van der Waals surface area contributed by atoms with Crippen molar-refractivity contribution in [1.29, 1.82) is 0 Å². The summed E-state index contributed by atoms with van der Waals surface area (Å²) in [6, 6.07) is 5.71. The van der Waals surface area contributed by atoms with Crippen molar-refractivity contribution in [3.8, 4) is 5.75 Å². The highest BCUT2D eigenvalue weighted by Crippen LogP contribution is 2.40. The molecule has 0 atom stereocenters. The number of nitrogens with zero attached hydrogens (tertiary/aromatic N) is 2. The quantitative estimate of drug-likeness (QED) is 0.769. The van der Waals surface area contributed by atoms with Gasteiger partial charge in [-0.05, 0) is 46.8 Å². The van der Waals surface area contributed by atoms with Crippen LogP contribution in [0.3, 0.4) is 0 Å². The number of amides is 1. The molecule has 0 radical (unpaired) electrons. The van der Waals surface area contributed by atoms with Crippen LogP contribution in [-0.4, -0.2) is 55.2 Å². The summed E-state index contributed by atoms with van der Waals surface area (Å²) in [4.78, 5) is 28.8. The zero-order chi connectivity index (χ0) is 19.1. The standard InChI is InChI=1S/C20H28N2O4/c1-19(2,3)26-18(24)22-11-9-21(10-12-22)15-8-6-7-14-16(15)25-13-20(4,5)17(14)23/h6-8H,9-13H2,1-5H3. The Bertz CT molecular complexity index is 713. The molecule has 1 amide bonds. The second-order valence-corrected chi connectivity index (χ2v) is 8.61. The number of ketones is 1. The second-order valence-electron chi connectivity index (χ2n) is 8.61. The maximum atomic E-state index is 12.7. The van der Waals surface area contributed by atoms with Crippen LogP contribution in [0.25, 0.3) is 0 Å². The van der Waals surface area contributed by atoms with Gasteiger partial charge in [0.25, 0.3) is 0 Å². The Hall–Kier alpha value is -2.24. The summed E-state index contributed by atoms with van der Waals surface area (Å²) < 4.78 is 11.4. The summed E-state index contributed by atoms with van der Waals surface area (Å²) in [6.07, 6.45) is -0.277. The van der Waals surface area contributed by atoms with E-state index >= 15 is 0 Å².